The van der Waals surface area contributed by atoms with Crippen LogP contribution in [0.5, 0.6) is 0 Å². The van der Waals surface area contributed by atoms with Gasteiger partial charge in [-0.15, -0.1) is 0 Å². The Hall–Kier alpha value is -2.22. The van der Waals surface area contributed by atoms with Gasteiger partial charge in [0.1, 0.15) is 17.7 Å². The van der Waals surface area contributed by atoms with Gasteiger partial charge in [-0.2, -0.15) is 11.8 Å². The third-order valence-electron chi connectivity index (χ3n) is 6.37. The maximum absolute atomic E-state index is 14.3. The smallest absolute Gasteiger partial charge is 0.408 e. The molecular weight excluding hydrogens is 486 g/mol. The molecule has 37 heavy (non-hydrogen) atoms. The van der Waals surface area contributed by atoms with Gasteiger partial charge >= 0.3 is 6.09 Å². The average molecular weight is 536 g/mol. The molecule has 0 radical (unpaired) electrons. The highest BCUT2D eigenvalue weighted by Crippen LogP contribution is 2.31. The lowest BCUT2D eigenvalue weighted by Gasteiger charge is -2.39. The number of carbonyl (C=O) groups is 3. The summed E-state index contributed by atoms with van der Waals surface area (Å²) in [6, 6.07) is 4.02. The third-order valence-corrected chi connectivity index (χ3v) is 7.02. The van der Waals surface area contributed by atoms with Crippen molar-refractivity contribution in [3.63, 3.8) is 0 Å². The van der Waals surface area contributed by atoms with Crippen molar-refractivity contribution >= 4 is 29.7 Å². The predicted molar refractivity (Wildman–Crippen MR) is 154 cm³/mol. The van der Waals surface area contributed by atoms with Gasteiger partial charge in [-0.05, 0) is 96.4 Å². The van der Waals surface area contributed by atoms with Crippen LogP contribution in [0.15, 0.2) is 18.2 Å². The van der Waals surface area contributed by atoms with E-state index in [9.17, 15) is 14.4 Å². The maximum atomic E-state index is 14.3. The van der Waals surface area contributed by atoms with Crippen LogP contribution in [-0.4, -0.2) is 58.5 Å². The fourth-order valence-corrected chi connectivity index (χ4v) is 4.87. The number of benzene rings is 1. The molecule has 3 amide bonds. The first kappa shape index (κ1) is 32.8. The lowest BCUT2D eigenvalue weighted by atomic mass is 9.92. The average Bonchev–Trinajstić information content (AvgIpc) is 2.79. The molecule has 0 fully saturated rings. The molecule has 0 aromatic heterocycles. The zero-order valence-electron chi connectivity index (χ0n) is 24.6. The first-order chi connectivity index (χ1) is 17.3. The summed E-state index contributed by atoms with van der Waals surface area (Å²) in [6.45, 7) is 17.3. The van der Waals surface area contributed by atoms with Crippen molar-refractivity contribution in [3.05, 3.63) is 34.9 Å². The van der Waals surface area contributed by atoms with Crippen molar-refractivity contribution in [3.8, 4) is 0 Å². The van der Waals surface area contributed by atoms with E-state index in [1.807, 2.05) is 59.1 Å². The highest BCUT2D eigenvalue weighted by atomic mass is 32.2. The van der Waals surface area contributed by atoms with E-state index in [0.717, 1.165) is 29.5 Å². The van der Waals surface area contributed by atoms with Crippen molar-refractivity contribution in [2.45, 2.75) is 118 Å². The van der Waals surface area contributed by atoms with Gasteiger partial charge in [-0.25, -0.2) is 4.79 Å². The molecule has 8 heteroatoms. The molecule has 2 N–H and O–H groups in total. The number of nitrogens with zero attached hydrogens (tertiary/aromatic N) is 1. The highest BCUT2D eigenvalue weighted by molar-refractivity contribution is 7.98. The number of carbonyl (C=O) groups excluding carboxylic acids is 3. The molecule has 0 bridgehead atoms. The van der Waals surface area contributed by atoms with Crippen molar-refractivity contribution in [1.82, 2.24) is 15.5 Å². The number of nitrogens with one attached hydrogen (secondary N) is 2. The summed E-state index contributed by atoms with van der Waals surface area (Å²) in [5, 5.41) is 5.96. The molecule has 0 aliphatic carbocycles. The van der Waals surface area contributed by atoms with Crippen molar-refractivity contribution in [2.75, 3.05) is 12.0 Å². The van der Waals surface area contributed by atoms with Gasteiger partial charge < -0.3 is 20.3 Å². The monoisotopic (exact) mass is 535 g/mol. The third kappa shape index (κ3) is 10.2. The van der Waals surface area contributed by atoms with E-state index < -0.39 is 23.8 Å². The fourth-order valence-electron chi connectivity index (χ4n) is 4.40. The van der Waals surface area contributed by atoms with Gasteiger partial charge in [-0.1, -0.05) is 38.5 Å². The molecule has 1 rings (SSSR count). The van der Waals surface area contributed by atoms with E-state index in [-0.39, 0.29) is 23.9 Å². The van der Waals surface area contributed by atoms with E-state index in [4.69, 9.17) is 4.74 Å². The van der Waals surface area contributed by atoms with Gasteiger partial charge in [0, 0.05) is 12.1 Å². The second-order valence-electron chi connectivity index (χ2n) is 10.9. The Bertz CT molecular complexity index is 879. The van der Waals surface area contributed by atoms with Crippen LogP contribution in [-0.2, 0) is 14.3 Å². The quantitative estimate of drug-likeness (QED) is 0.327. The molecule has 0 saturated carbocycles. The number of hydrogen-bond donors (Lipinski definition) is 2. The number of aryl methyl sites for hydroxylation is 2. The van der Waals surface area contributed by atoms with Crippen molar-refractivity contribution in [2.24, 2.45) is 0 Å². The van der Waals surface area contributed by atoms with Gasteiger partial charge in [-0.3, -0.25) is 9.59 Å². The molecule has 0 spiro atoms. The maximum Gasteiger partial charge on any atom is 0.408 e. The molecule has 210 valence electrons. The molecule has 0 aliphatic heterocycles. The summed E-state index contributed by atoms with van der Waals surface area (Å²) in [5.74, 6) is 0.196. The van der Waals surface area contributed by atoms with Crippen LogP contribution in [0.3, 0.4) is 0 Å². The van der Waals surface area contributed by atoms with Crippen LogP contribution in [0, 0.1) is 13.8 Å². The molecular formula is C29H49N3O4S. The molecule has 0 saturated heterocycles. The first-order valence-electron chi connectivity index (χ1n) is 13.4. The second kappa shape index (κ2) is 15.3. The number of hydrogen-bond acceptors (Lipinski definition) is 5. The Kier molecular flexibility index (Phi) is 13.5. The highest BCUT2D eigenvalue weighted by Gasteiger charge is 2.39. The van der Waals surface area contributed by atoms with Gasteiger partial charge in [0.15, 0.2) is 0 Å². The normalized spacial score (nSPS) is 14.8. The van der Waals surface area contributed by atoms with Crippen LogP contribution in [0.4, 0.5) is 4.79 Å². The topological polar surface area (TPSA) is 87.7 Å². The van der Waals surface area contributed by atoms with E-state index in [1.54, 1.807) is 37.4 Å². The predicted octanol–water partition coefficient (Wildman–Crippen LogP) is 5.92. The van der Waals surface area contributed by atoms with Gasteiger partial charge in [0.2, 0.25) is 11.8 Å². The van der Waals surface area contributed by atoms with Crippen LogP contribution >= 0.6 is 11.8 Å². The van der Waals surface area contributed by atoms with E-state index in [0.29, 0.717) is 18.6 Å². The Morgan fingerprint density at radius 2 is 1.62 bits per heavy atom. The van der Waals surface area contributed by atoms with Gasteiger partial charge in [0.05, 0.1) is 0 Å². The van der Waals surface area contributed by atoms with Crippen LogP contribution in [0.25, 0.3) is 0 Å². The number of ether oxygens (including phenoxy) is 1. The molecule has 1 aromatic carbocycles. The Labute approximate surface area is 228 Å². The largest absolute Gasteiger partial charge is 0.444 e. The van der Waals surface area contributed by atoms with Crippen LogP contribution in [0.2, 0.25) is 0 Å². The minimum Gasteiger partial charge on any atom is -0.444 e. The van der Waals surface area contributed by atoms with E-state index in [1.165, 1.54) is 0 Å². The summed E-state index contributed by atoms with van der Waals surface area (Å²) >= 11 is 1.60. The van der Waals surface area contributed by atoms with Gasteiger partial charge in [0.25, 0.3) is 0 Å². The molecule has 7 nitrogen and oxygen atoms in total. The minimum absolute atomic E-state index is 0.0228. The lowest BCUT2D eigenvalue weighted by molar-refractivity contribution is -0.145. The zero-order valence-corrected chi connectivity index (χ0v) is 25.4. The van der Waals surface area contributed by atoms with Crippen LogP contribution in [0.1, 0.15) is 96.9 Å². The molecule has 4 atom stereocenters. The van der Waals surface area contributed by atoms with Crippen molar-refractivity contribution in [1.29, 1.82) is 0 Å². The number of alkyl carbamates (subject to hydrolysis) is 1. The molecule has 1 aromatic rings. The summed E-state index contributed by atoms with van der Waals surface area (Å²) in [6.07, 6.45) is 4.20. The SMILES string of the molecule is CCCC(C)NC(=O)C(c1c(C)cccc1C)N(C(=O)C(CCSC)NC(=O)OC(C)(C)C)C(C)CC. The summed E-state index contributed by atoms with van der Waals surface area (Å²) in [5.41, 5.74) is 2.04. The second-order valence-corrected chi connectivity index (χ2v) is 11.9. The Morgan fingerprint density at radius 3 is 2.11 bits per heavy atom. The van der Waals surface area contributed by atoms with Crippen LogP contribution < -0.4 is 10.6 Å². The number of rotatable bonds is 13. The molecule has 4 unspecified atom stereocenters. The van der Waals surface area contributed by atoms with Crippen molar-refractivity contribution < 1.29 is 19.1 Å². The summed E-state index contributed by atoms with van der Waals surface area (Å²) in [7, 11) is 0. The number of thioether (sulfide) groups is 1. The standard InChI is InChI=1S/C29H49N3O4S/c1-11-14-21(5)30-26(33)25(24-19(3)15-13-16-20(24)4)32(22(6)12-2)27(34)23(17-18-37-10)31-28(35)36-29(7,8)9/h13,15-16,21-23,25H,11-12,14,17-18H2,1-10H3,(H,30,33)(H,31,35). The molecule has 0 heterocycles. The minimum atomic E-state index is -0.819. The first-order valence-corrected chi connectivity index (χ1v) is 14.8. The Balaban J connectivity index is 3.61. The number of amides is 3. The van der Waals surface area contributed by atoms with E-state index >= 15 is 0 Å². The molecule has 0 aliphatic rings. The summed E-state index contributed by atoms with van der Waals surface area (Å²) < 4.78 is 5.47. The Morgan fingerprint density at radius 1 is 1.03 bits per heavy atom. The lowest BCUT2D eigenvalue weighted by Crippen LogP contribution is -2.56. The zero-order chi connectivity index (χ0) is 28.3. The van der Waals surface area contributed by atoms with E-state index in [2.05, 4.69) is 17.6 Å². The summed E-state index contributed by atoms with van der Waals surface area (Å²) in [4.78, 5) is 42.6. The fraction of sp³-hybridized carbons (Fsp3) is 0.690.